The first-order valence-electron chi connectivity index (χ1n) is 6.60. The van der Waals surface area contributed by atoms with Crippen molar-refractivity contribution in [2.24, 2.45) is 5.73 Å². The highest BCUT2D eigenvalue weighted by Gasteiger charge is 2.16. The van der Waals surface area contributed by atoms with Crippen molar-refractivity contribution in [2.45, 2.75) is 57.9 Å². The zero-order chi connectivity index (χ0) is 11.5. The van der Waals surface area contributed by atoms with Crippen molar-refractivity contribution in [2.75, 3.05) is 0 Å². The smallest absolute Gasteiger partial charge is 0.0297 e. The minimum absolute atomic E-state index is 0.265. The molecule has 88 valence electrons. The molecule has 1 aromatic rings. The van der Waals surface area contributed by atoms with Gasteiger partial charge in [0.15, 0.2) is 0 Å². The number of rotatable bonds is 2. The van der Waals surface area contributed by atoms with E-state index in [4.69, 9.17) is 5.73 Å². The fourth-order valence-electron chi connectivity index (χ4n) is 2.56. The lowest BCUT2D eigenvalue weighted by molar-refractivity contribution is 0.614. The standard InChI is InChI=1S/C15H23N/c1-3-11(2)13-9-8-12-6-4-5-7-15(16)14(12)10-13/h8-11,15H,3-7,16H2,1-2H3/t11?,15-/m1/s1. The van der Waals surface area contributed by atoms with Crippen molar-refractivity contribution < 1.29 is 0 Å². The SMILES string of the molecule is CCC(C)c1ccc2c(c1)[C@H](N)CCCC2. The van der Waals surface area contributed by atoms with Gasteiger partial charge in [-0.3, -0.25) is 0 Å². The summed E-state index contributed by atoms with van der Waals surface area (Å²) in [5, 5.41) is 0. The van der Waals surface area contributed by atoms with E-state index in [0.717, 1.165) is 6.42 Å². The van der Waals surface area contributed by atoms with Crippen molar-refractivity contribution in [3.63, 3.8) is 0 Å². The summed E-state index contributed by atoms with van der Waals surface area (Å²) in [6, 6.07) is 7.23. The number of hydrogen-bond donors (Lipinski definition) is 1. The van der Waals surface area contributed by atoms with Gasteiger partial charge in [-0.1, -0.05) is 38.5 Å². The number of fused-ring (bicyclic) bond motifs is 1. The van der Waals surface area contributed by atoms with Gasteiger partial charge in [0.1, 0.15) is 0 Å². The highest BCUT2D eigenvalue weighted by atomic mass is 14.6. The topological polar surface area (TPSA) is 26.0 Å². The molecule has 0 radical (unpaired) electrons. The second kappa shape index (κ2) is 5.01. The molecular weight excluding hydrogens is 194 g/mol. The van der Waals surface area contributed by atoms with Crippen LogP contribution in [0.1, 0.15) is 68.2 Å². The molecule has 2 atom stereocenters. The molecule has 0 saturated heterocycles. The molecule has 0 bridgehead atoms. The molecule has 0 amide bonds. The monoisotopic (exact) mass is 217 g/mol. The van der Waals surface area contributed by atoms with Gasteiger partial charge in [-0.25, -0.2) is 0 Å². The summed E-state index contributed by atoms with van der Waals surface area (Å²) in [5.41, 5.74) is 10.6. The van der Waals surface area contributed by atoms with Gasteiger partial charge in [0.2, 0.25) is 0 Å². The Kier molecular flexibility index (Phi) is 3.65. The maximum absolute atomic E-state index is 6.26. The van der Waals surface area contributed by atoms with Crippen LogP contribution in [-0.2, 0) is 6.42 Å². The molecule has 1 unspecified atom stereocenters. The number of benzene rings is 1. The third-order valence-corrected chi connectivity index (χ3v) is 3.96. The molecule has 0 spiro atoms. The Morgan fingerprint density at radius 3 is 2.94 bits per heavy atom. The van der Waals surface area contributed by atoms with Crippen molar-refractivity contribution >= 4 is 0 Å². The van der Waals surface area contributed by atoms with Crippen LogP contribution in [0.5, 0.6) is 0 Å². The second-order valence-corrected chi connectivity index (χ2v) is 5.12. The van der Waals surface area contributed by atoms with Crippen LogP contribution in [0.25, 0.3) is 0 Å². The average Bonchev–Trinajstić information content (AvgIpc) is 2.50. The van der Waals surface area contributed by atoms with Gasteiger partial charge in [-0.15, -0.1) is 0 Å². The lowest BCUT2D eigenvalue weighted by atomic mass is 9.91. The molecule has 2 rings (SSSR count). The quantitative estimate of drug-likeness (QED) is 0.746. The molecule has 1 aliphatic carbocycles. The molecule has 0 heterocycles. The van der Waals surface area contributed by atoms with E-state index in [2.05, 4.69) is 32.0 Å². The normalized spacial score (nSPS) is 22.3. The van der Waals surface area contributed by atoms with Gasteiger partial charge in [-0.05, 0) is 48.3 Å². The van der Waals surface area contributed by atoms with Crippen molar-refractivity contribution in [1.82, 2.24) is 0 Å². The Bertz CT molecular complexity index is 356. The predicted octanol–water partition coefficient (Wildman–Crippen LogP) is 3.93. The van der Waals surface area contributed by atoms with Crippen LogP contribution in [-0.4, -0.2) is 0 Å². The maximum Gasteiger partial charge on any atom is 0.0297 e. The van der Waals surface area contributed by atoms with Crippen molar-refractivity contribution in [1.29, 1.82) is 0 Å². The van der Waals surface area contributed by atoms with E-state index in [9.17, 15) is 0 Å². The fourth-order valence-corrected chi connectivity index (χ4v) is 2.56. The summed E-state index contributed by atoms with van der Waals surface area (Å²) < 4.78 is 0. The molecular formula is C15H23N. The van der Waals surface area contributed by atoms with E-state index >= 15 is 0 Å². The minimum Gasteiger partial charge on any atom is -0.324 e. The Morgan fingerprint density at radius 2 is 2.19 bits per heavy atom. The van der Waals surface area contributed by atoms with E-state index in [1.807, 2.05) is 0 Å². The lowest BCUT2D eigenvalue weighted by Crippen LogP contribution is -2.11. The highest BCUT2D eigenvalue weighted by Crippen LogP contribution is 2.30. The van der Waals surface area contributed by atoms with Crippen LogP contribution in [0.15, 0.2) is 18.2 Å². The first kappa shape index (κ1) is 11.7. The summed E-state index contributed by atoms with van der Waals surface area (Å²) in [5.74, 6) is 0.653. The van der Waals surface area contributed by atoms with E-state index in [-0.39, 0.29) is 6.04 Å². The molecule has 0 saturated carbocycles. The molecule has 1 heteroatoms. The van der Waals surface area contributed by atoms with Crippen molar-refractivity contribution in [3.05, 3.63) is 34.9 Å². The third-order valence-electron chi connectivity index (χ3n) is 3.96. The van der Waals surface area contributed by atoms with E-state index < -0.39 is 0 Å². The van der Waals surface area contributed by atoms with Crippen LogP contribution in [0.3, 0.4) is 0 Å². The summed E-state index contributed by atoms with van der Waals surface area (Å²) >= 11 is 0. The Morgan fingerprint density at radius 1 is 1.38 bits per heavy atom. The van der Waals surface area contributed by atoms with Crippen LogP contribution < -0.4 is 5.73 Å². The average molecular weight is 217 g/mol. The molecule has 0 fully saturated rings. The van der Waals surface area contributed by atoms with Gasteiger partial charge in [0, 0.05) is 6.04 Å². The summed E-state index contributed by atoms with van der Waals surface area (Å²) in [4.78, 5) is 0. The number of hydrogen-bond acceptors (Lipinski definition) is 1. The largest absolute Gasteiger partial charge is 0.324 e. The highest BCUT2D eigenvalue weighted by molar-refractivity contribution is 5.36. The molecule has 1 aliphatic rings. The van der Waals surface area contributed by atoms with Gasteiger partial charge >= 0.3 is 0 Å². The van der Waals surface area contributed by atoms with Crippen LogP contribution in [0.2, 0.25) is 0 Å². The first-order chi connectivity index (χ1) is 7.72. The predicted molar refractivity (Wildman–Crippen MR) is 69.6 cm³/mol. The van der Waals surface area contributed by atoms with E-state index in [1.54, 1.807) is 0 Å². The van der Waals surface area contributed by atoms with Gasteiger partial charge in [-0.2, -0.15) is 0 Å². The molecule has 2 N–H and O–H groups in total. The summed E-state index contributed by atoms with van der Waals surface area (Å²) in [6.45, 7) is 4.54. The Balaban J connectivity index is 2.35. The van der Waals surface area contributed by atoms with E-state index in [1.165, 1.54) is 42.4 Å². The number of nitrogens with two attached hydrogens (primary N) is 1. The maximum atomic E-state index is 6.26. The van der Waals surface area contributed by atoms with Gasteiger partial charge in [0.05, 0.1) is 0 Å². The zero-order valence-electron chi connectivity index (χ0n) is 10.5. The summed E-state index contributed by atoms with van der Waals surface area (Å²) in [7, 11) is 0. The van der Waals surface area contributed by atoms with Crippen LogP contribution in [0.4, 0.5) is 0 Å². The van der Waals surface area contributed by atoms with Gasteiger partial charge < -0.3 is 5.73 Å². The van der Waals surface area contributed by atoms with Gasteiger partial charge in [0.25, 0.3) is 0 Å². The lowest BCUT2D eigenvalue weighted by Gasteiger charge is -2.17. The van der Waals surface area contributed by atoms with Crippen LogP contribution >= 0.6 is 0 Å². The zero-order valence-corrected chi connectivity index (χ0v) is 10.5. The molecule has 16 heavy (non-hydrogen) atoms. The minimum atomic E-state index is 0.265. The Labute approximate surface area is 99.0 Å². The molecule has 1 nitrogen and oxygen atoms in total. The Hall–Kier alpha value is -0.820. The molecule has 0 aromatic heterocycles. The van der Waals surface area contributed by atoms with Crippen LogP contribution in [0, 0.1) is 0 Å². The molecule has 1 aromatic carbocycles. The third kappa shape index (κ3) is 2.30. The van der Waals surface area contributed by atoms with E-state index in [0.29, 0.717) is 5.92 Å². The number of aryl methyl sites for hydroxylation is 1. The molecule has 0 aliphatic heterocycles. The first-order valence-corrected chi connectivity index (χ1v) is 6.60. The second-order valence-electron chi connectivity index (χ2n) is 5.12. The fraction of sp³-hybridized carbons (Fsp3) is 0.600. The van der Waals surface area contributed by atoms with Crippen molar-refractivity contribution in [3.8, 4) is 0 Å². The summed E-state index contributed by atoms with van der Waals surface area (Å²) in [6.07, 6.45) is 6.13.